The molecule has 1 rings (SSSR count). The van der Waals surface area contributed by atoms with Gasteiger partial charge in [-0.1, -0.05) is 0 Å². The van der Waals surface area contributed by atoms with E-state index in [4.69, 9.17) is 10.2 Å². The zero-order chi connectivity index (χ0) is 9.14. The van der Waals surface area contributed by atoms with Gasteiger partial charge < -0.3 is 13.1 Å². The van der Waals surface area contributed by atoms with Gasteiger partial charge in [-0.2, -0.15) is 0 Å². The van der Waals surface area contributed by atoms with Crippen LogP contribution in [0, 0.1) is 0 Å². The molecule has 0 spiro atoms. The van der Waals surface area contributed by atoms with Crippen LogP contribution in [0.25, 0.3) is 0 Å². The molecule has 0 aliphatic heterocycles. The number of carboxylic acids is 2. The van der Waals surface area contributed by atoms with Crippen molar-refractivity contribution in [3.8, 4) is 0 Å². The van der Waals surface area contributed by atoms with Crippen molar-refractivity contribution in [2.75, 3.05) is 0 Å². The Morgan fingerprint density at radius 1 is 1.00 bits per heavy atom. The second kappa shape index (κ2) is 7.33. The van der Waals surface area contributed by atoms with Crippen molar-refractivity contribution in [3.63, 3.8) is 0 Å². The number of carbonyl (C=O) groups is 2. The van der Waals surface area contributed by atoms with Crippen molar-refractivity contribution in [1.29, 1.82) is 0 Å². The molecule has 0 aromatic carbocycles. The second-order valence-electron chi connectivity index (χ2n) is 1.86. The Balaban J connectivity index is -0.000000180. The molecule has 0 saturated heterocycles. The Morgan fingerprint density at radius 3 is 1.50 bits per heavy atom. The van der Waals surface area contributed by atoms with Crippen LogP contribution in [-0.2, 0) is 0 Å². The molecule has 0 amide bonds. The molecule has 0 bridgehead atoms. The van der Waals surface area contributed by atoms with Gasteiger partial charge >= 0.3 is 71.1 Å². The summed E-state index contributed by atoms with van der Waals surface area (Å²) in [7, 11) is 0. The molecule has 0 saturated carbocycles. The maximum absolute atomic E-state index is 10.4. The summed E-state index contributed by atoms with van der Waals surface area (Å²) in [6.07, 6.45) is 2.24. The molecule has 2 N–H and O–H groups in total. The minimum Gasteiger partial charge on any atom is -1.00 e. The Bertz CT molecular complexity index is 320. The second-order valence-corrected chi connectivity index (χ2v) is 1.86. The van der Waals surface area contributed by atoms with E-state index in [9.17, 15) is 9.59 Å². The molecule has 6 nitrogen and oxygen atoms in total. The van der Waals surface area contributed by atoms with Crippen molar-refractivity contribution >= 4 is 11.9 Å². The van der Waals surface area contributed by atoms with Crippen LogP contribution in [0.1, 0.15) is 23.8 Å². The SMILES string of the molecule is O=C(O)c1nccnc1C(=O)O.[H-].[H-].[Na+].[Na+]. The standard InChI is InChI=1S/C6H4N2O4.2Na.2H/c9-5(10)3-4(6(11)12)8-2-1-7-3;;;;/h1-2H,(H,9,10)(H,11,12);;;;/q;2*+1;2*-1. The fourth-order valence-corrected chi connectivity index (χ4v) is 0.651. The first-order valence-electron chi connectivity index (χ1n) is 2.90. The van der Waals surface area contributed by atoms with E-state index in [1.165, 1.54) is 0 Å². The Hall–Kier alpha value is 0.0200. The van der Waals surface area contributed by atoms with Gasteiger partial charge in [0.25, 0.3) is 0 Å². The van der Waals surface area contributed by atoms with E-state index >= 15 is 0 Å². The number of aromatic carboxylic acids is 2. The molecular formula is C6H6N2Na2O4. The van der Waals surface area contributed by atoms with Gasteiger partial charge in [-0.25, -0.2) is 19.6 Å². The number of nitrogens with zero attached hydrogens (tertiary/aromatic N) is 2. The third-order valence-electron chi connectivity index (χ3n) is 1.10. The van der Waals surface area contributed by atoms with Crippen molar-refractivity contribution in [2.45, 2.75) is 0 Å². The molecule has 14 heavy (non-hydrogen) atoms. The molecule has 1 heterocycles. The predicted molar refractivity (Wildman–Crippen MR) is 38.2 cm³/mol. The molecule has 0 atom stereocenters. The van der Waals surface area contributed by atoms with E-state index in [1.54, 1.807) is 0 Å². The maximum Gasteiger partial charge on any atom is 1.00 e. The van der Waals surface area contributed by atoms with Gasteiger partial charge in [0.2, 0.25) is 0 Å². The summed E-state index contributed by atoms with van der Waals surface area (Å²) >= 11 is 0. The molecule has 66 valence electrons. The quantitative estimate of drug-likeness (QED) is 0.477. The van der Waals surface area contributed by atoms with Crippen LogP contribution >= 0.6 is 0 Å². The summed E-state index contributed by atoms with van der Waals surface area (Å²) in [5, 5.41) is 16.9. The molecular weight excluding hydrogens is 210 g/mol. The molecule has 0 radical (unpaired) electrons. The molecule has 0 fully saturated rings. The summed E-state index contributed by atoms with van der Waals surface area (Å²) in [6, 6.07) is 0. The summed E-state index contributed by atoms with van der Waals surface area (Å²) < 4.78 is 0. The van der Waals surface area contributed by atoms with Crippen LogP contribution < -0.4 is 59.1 Å². The van der Waals surface area contributed by atoms with Crippen molar-refractivity contribution in [2.24, 2.45) is 0 Å². The normalized spacial score (nSPS) is 8.00. The van der Waals surface area contributed by atoms with Crippen LogP contribution in [-0.4, -0.2) is 32.1 Å². The third kappa shape index (κ3) is 4.04. The van der Waals surface area contributed by atoms with Gasteiger partial charge in [0.05, 0.1) is 0 Å². The molecule has 0 aliphatic rings. The van der Waals surface area contributed by atoms with Gasteiger partial charge in [-0.15, -0.1) is 0 Å². The monoisotopic (exact) mass is 216 g/mol. The largest absolute Gasteiger partial charge is 1.00 e. The summed E-state index contributed by atoms with van der Waals surface area (Å²) in [5.41, 5.74) is -1.10. The van der Waals surface area contributed by atoms with Crippen LogP contribution in [0.15, 0.2) is 12.4 Å². The summed E-state index contributed by atoms with van der Waals surface area (Å²) in [5.74, 6) is -2.80. The molecule has 1 aromatic rings. The number of rotatable bonds is 2. The Kier molecular flexibility index (Phi) is 8.61. The number of aromatic nitrogens is 2. The van der Waals surface area contributed by atoms with Gasteiger partial charge in [-0.3, -0.25) is 0 Å². The first-order valence-corrected chi connectivity index (χ1v) is 2.90. The van der Waals surface area contributed by atoms with Crippen molar-refractivity contribution < 1.29 is 81.8 Å². The van der Waals surface area contributed by atoms with E-state index in [-0.39, 0.29) is 62.0 Å². The molecule has 0 aliphatic carbocycles. The first kappa shape index (κ1) is 16.4. The van der Waals surface area contributed by atoms with Gasteiger partial charge in [0.15, 0.2) is 11.4 Å². The van der Waals surface area contributed by atoms with Crippen LogP contribution in [0.3, 0.4) is 0 Å². The van der Waals surface area contributed by atoms with Gasteiger partial charge in [-0.05, 0) is 0 Å². The average molecular weight is 216 g/mol. The number of hydrogen-bond donors (Lipinski definition) is 2. The van der Waals surface area contributed by atoms with E-state index in [1.807, 2.05) is 0 Å². The molecule has 1 aromatic heterocycles. The van der Waals surface area contributed by atoms with Crippen LogP contribution in [0.4, 0.5) is 0 Å². The van der Waals surface area contributed by atoms with E-state index in [0.29, 0.717) is 0 Å². The zero-order valence-electron chi connectivity index (χ0n) is 9.76. The third-order valence-corrected chi connectivity index (χ3v) is 1.10. The van der Waals surface area contributed by atoms with Crippen molar-refractivity contribution in [3.05, 3.63) is 23.8 Å². The Labute approximate surface area is 126 Å². The number of carboxylic acid groups (broad SMARTS) is 2. The van der Waals surface area contributed by atoms with Crippen molar-refractivity contribution in [1.82, 2.24) is 9.97 Å². The number of hydrogen-bond acceptors (Lipinski definition) is 4. The first-order chi connectivity index (χ1) is 5.63. The topological polar surface area (TPSA) is 100 Å². The Morgan fingerprint density at radius 2 is 1.29 bits per heavy atom. The van der Waals surface area contributed by atoms with Crippen LogP contribution in [0.2, 0.25) is 0 Å². The average Bonchev–Trinajstić information content (AvgIpc) is 2.04. The van der Waals surface area contributed by atoms with Gasteiger partial charge in [0.1, 0.15) is 0 Å². The van der Waals surface area contributed by atoms with Crippen LogP contribution in [0.5, 0.6) is 0 Å². The van der Waals surface area contributed by atoms with E-state index in [0.717, 1.165) is 12.4 Å². The van der Waals surface area contributed by atoms with Gasteiger partial charge in [0, 0.05) is 12.4 Å². The summed E-state index contributed by atoms with van der Waals surface area (Å²) in [6.45, 7) is 0. The fourth-order valence-electron chi connectivity index (χ4n) is 0.651. The predicted octanol–water partition coefficient (Wildman–Crippen LogP) is -5.89. The minimum atomic E-state index is -1.40. The zero-order valence-corrected chi connectivity index (χ0v) is 11.8. The molecule has 8 heteroatoms. The molecule has 0 unspecified atom stereocenters. The van der Waals surface area contributed by atoms with E-state index < -0.39 is 23.3 Å². The smallest absolute Gasteiger partial charge is 1.00 e. The minimum absolute atomic E-state index is 0. The maximum atomic E-state index is 10.4. The van der Waals surface area contributed by atoms with E-state index in [2.05, 4.69) is 9.97 Å². The fraction of sp³-hybridized carbons (Fsp3) is 0. The summed E-state index contributed by atoms with van der Waals surface area (Å²) in [4.78, 5) is 27.4.